The number of hydrogen-bond acceptors (Lipinski definition) is 2. The topological polar surface area (TPSA) is 15.8 Å². The number of H-pyrrole nitrogens is 1. The van der Waals surface area contributed by atoms with Gasteiger partial charge >= 0.3 is 0 Å². The van der Waals surface area contributed by atoms with Crippen LogP contribution in [-0.2, 0) is 5.75 Å². The average Bonchev–Trinajstić information content (AvgIpc) is 2.75. The number of aromatic nitrogens is 1. The molecule has 0 atom stereocenters. The summed E-state index contributed by atoms with van der Waals surface area (Å²) in [6.07, 6.45) is 1.94. The molecule has 0 spiro atoms. The highest BCUT2D eigenvalue weighted by molar-refractivity contribution is 7.79. The lowest BCUT2D eigenvalue weighted by atomic mass is 10.2. The van der Waals surface area contributed by atoms with Gasteiger partial charge in [-0.25, -0.2) is 0 Å². The molecule has 1 nitrogen and oxygen atoms in total. The molecule has 2 rings (SSSR count). The van der Waals surface area contributed by atoms with E-state index in [9.17, 15) is 0 Å². The molecule has 12 heavy (non-hydrogen) atoms. The van der Waals surface area contributed by atoms with Crippen LogP contribution in [0.15, 0.2) is 29.8 Å². The van der Waals surface area contributed by atoms with Gasteiger partial charge in [0.2, 0.25) is 0 Å². The Morgan fingerprint density at radius 2 is 2.42 bits per heavy atom. The fourth-order valence-corrected chi connectivity index (χ4v) is 2.17. The van der Waals surface area contributed by atoms with E-state index in [1.54, 1.807) is 11.3 Å². The monoisotopic (exact) mass is 195 g/mol. The molecule has 0 fully saturated rings. The first-order valence-corrected chi connectivity index (χ1v) is 5.23. The molecule has 0 unspecified atom stereocenters. The minimum Gasteiger partial charge on any atom is -0.361 e. The average molecular weight is 195 g/mol. The molecule has 0 bridgehead atoms. The van der Waals surface area contributed by atoms with Crippen LogP contribution >= 0.6 is 24.0 Å². The summed E-state index contributed by atoms with van der Waals surface area (Å²) in [7, 11) is 0. The Morgan fingerprint density at radius 1 is 1.50 bits per heavy atom. The van der Waals surface area contributed by atoms with Crippen LogP contribution in [0.1, 0.15) is 4.88 Å². The number of rotatable bonds is 2. The van der Waals surface area contributed by atoms with Crippen molar-refractivity contribution in [1.29, 1.82) is 0 Å². The highest BCUT2D eigenvalue weighted by Gasteiger charge is 2.00. The van der Waals surface area contributed by atoms with Crippen molar-refractivity contribution in [3.05, 3.63) is 34.7 Å². The Hall–Kier alpha value is -0.670. The second kappa shape index (κ2) is 3.37. The van der Waals surface area contributed by atoms with Crippen LogP contribution in [0.25, 0.3) is 11.3 Å². The maximum absolute atomic E-state index is 4.22. The molecule has 0 saturated heterocycles. The highest BCUT2D eigenvalue weighted by atomic mass is 32.1. The van der Waals surface area contributed by atoms with E-state index in [2.05, 4.69) is 35.1 Å². The lowest BCUT2D eigenvalue weighted by Gasteiger charge is -1.88. The number of nitrogens with one attached hydrogen (secondary N) is 1. The Morgan fingerprint density at radius 3 is 3.00 bits per heavy atom. The fourth-order valence-electron chi connectivity index (χ4n) is 1.11. The van der Waals surface area contributed by atoms with Crippen LogP contribution in [0.5, 0.6) is 0 Å². The van der Waals surface area contributed by atoms with Gasteiger partial charge in [0.1, 0.15) is 0 Å². The van der Waals surface area contributed by atoms with E-state index in [-0.39, 0.29) is 0 Å². The van der Waals surface area contributed by atoms with Crippen molar-refractivity contribution >= 4 is 24.0 Å². The summed E-state index contributed by atoms with van der Waals surface area (Å²) in [5, 5.41) is 2.15. The van der Waals surface area contributed by atoms with E-state index in [0.29, 0.717) is 0 Å². The van der Waals surface area contributed by atoms with Crippen LogP contribution < -0.4 is 0 Å². The van der Waals surface area contributed by atoms with E-state index >= 15 is 0 Å². The van der Waals surface area contributed by atoms with Crippen molar-refractivity contribution < 1.29 is 0 Å². The van der Waals surface area contributed by atoms with Crippen LogP contribution in [0, 0.1) is 0 Å². The van der Waals surface area contributed by atoms with Crippen LogP contribution in [-0.4, -0.2) is 4.98 Å². The zero-order valence-electron chi connectivity index (χ0n) is 6.45. The fraction of sp³-hybridized carbons (Fsp3) is 0.111. The van der Waals surface area contributed by atoms with Crippen LogP contribution in [0.4, 0.5) is 0 Å². The van der Waals surface area contributed by atoms with Crippen molar-refractivity contribution in [2.75, 3.05) is 0 Å². The lowest BCUT2D eigenvalue weighted by Crippen LogP contribution is -1.70. The van der Waals surface area contributed by atoms with Gasteiger partial charge in [-0.1, -0.05) is 0 Å². The molecule has 62 valence electrons. The summed E-state index contributed by atoms with van der Waals surface area (Å²) in [5.41, 5.74) is 2.44. The third kappa shape index (κ3) is 1.42. The van der Waals surface area contributed by atoms with E-state index in [1.165, 1.54) is 16.1 Å². The lowest BCUT2D eigenvalue weighted by molar-refractivity contribution is 1.41. The van der Waals surface area contributed by atoms with E-state index in [0.717, 1.165) is 5.75 Å². The Bertz CT molecular complexity index is 348. The van der Waals surface area contributed by atoms with E-state index < -0.39 is 0 Å². The van der Waals surface area contributed by atoms with Gasteiger partial charge in [0, 0.05) is 33.5 Å². The van der Waals surface area contributed by atoms with E-state index in [1.807, 2.05) is 12.3 Å². The molecular weight excluding hydrogens is 186 g/mol. The maximum Gasteiger partial charge on any atom is 0.0462 e. The van der Waals surface area contributed by atoms with E-state index in [4.69, 9.17) is 0 Å². The normalized spacial score (nSPS) is 10.4. The minimum atomic E-state index is 0.825. The van der Waals surface area contributed by atoms with Gasteiger partial charge < -0.3 is 4.98 Å². The maximum atomic E-state index is 4.22. The third-order valence-electron chi connectivity index (χ3n) is 1.72. The molecule has 0 saturated carbocycles. The third-order valence-corrected chi connectivity index (χ3v) is 3.21. The largest absolute Gasteiger partial charge is 0.361 e. The summed E-state index contributed by atoms with van der Waals surface area (Å²) in [6.45, 7) is 0. The second-order valence-corrected chi connectivity index (χ2v) is 3.86. The Kier molecular flexibility index (Phi) is 2.23. The minimum absolute atomic E-state index is 0.825. The van der Waals surface area contributed by atoms with Gasteiger partial charge in [0.15, 0.2) is 0 Å². The number of hydrogen-bond donors (Lipinski definition) is 2. The molecule has 0 aliphatic rings. The van der Waals surface area contributed by atoms with Gasteiger partial charge in [-0.15, -0.1) is 11.3 Å². The standard InChI is InChI=1S/C9H9NS2/c11-5-8-4-7(6-12-8)9-2-1-3-10-9/h1-4,6,10-11H,5H2. The summed E-state index contributed by atoms with van der Waals surface area (Å²) in [4.78, 5) is 4.48. The van der Waals surface area contributed by atoms with Crippen molar-refractivity contribution in [3.8, 4) is 11.3 Å². The van der Waals surface area contributed by atoms with Gasteiger partial charge in [0.05, 0.1) is 0 Å². The zero-order chi connectivity index (χ0) is 8.39. The van der Waals surface area contributed by atoms with Gasteiger partial charge in [-0.2, -0.15) is 12.6 Å². The SMILES string of the molecule is SCc1cc(-c2ccc[nH]2)cs1. The molecule has 0 radical (unpaired) electrons. The predicted octanol–water partition coefficient (Wildman–Crippen LogP) is 3.17. The van der Waals surface area contributed by atoms with Crippen molar-refractivity contribution in [2.45, 2.75) is 5.75 Å². The highest BCUT2D eigenvalue weighted by Crippen LogP contribution is 2.24. The molecule has 2 aromatic heterocycles. The first-order chi connectivity index (χ1) is 5.90. The number of thiol groups is 1. The summed E-state index contributed by atoms with van der Waals surface area (Å²) < 4.78 is 0. The molecule has 0 amide bonds. The molecule has 2 aromatic rings. The molecule has 0 aliphatic heterocycles. The molecule has 0 aliphatic carbocycles. The number of thiophene rings is 1. The first kappa shape index (κ1) is 7.95. The smallest absolute Gasteiger partial charge is 0.0462 e. The second-order valence-electron chi connectivity index (χ2n) is 2.54. The predicted molar refractivity (Wildman–Crippen MR) is 56.8 cm³/mol. The van der Waals surface area contributed by atoms with Gasteiger partial charge in [0.25, 0.3) is 0 Å². The molecular formula is C9H9NS2. The summed E-state index contributed by atoms with van der Waals surface area (Å²) in [5.74, 6) is 0.825. The quantitative estimate of drug-likeness (QED) is 0.685. The Balaban J connectivity index is 2.35. The van der Waals surface area contributed by atoms with Crippen molar-refractivity contribution in [1.82, 2.24) is 4.98 Å². The van der Waals surface area contributed by atoms with Gasteiger partial charge in [-0.3, -0.25) is 0 Å². The molecule has 2 heterocycles. The summed E-state index contributed by atoms with van der Waals surface area (Å²) >= 11 is 5.97. The van der Waals surface area contributed by atoms with Crippen molar-refractivity contribution in [2.24, 2.45) is 0 Å². The zero-order valence-corrected chi connectivity index (χ0v) is 8.16. The van der Waals surface area contributed by atoms with Gasteiger partial charge in [-0.05, 0) is 18.2 Å². The summed E-state index contributed by atoms with van der Waals surface area (Å²) in [6, 6.07) is 6.25. The first-order valence-electron chi connectivity index (χ1n) is 3.72. The van der Waals surface area contributed by atoms with Crippen LogP contribution in [0.3, 0.4) is 0 Å². The molecule has 1 N–H and O–H groups in total. The Labute approximate surface area is 80.9 Å². The van der Waals surface area contributed by atoms with Crippen LogP contribution in [0.2, 0.25) is 0 Å². The number of aromatic amines is 1. The van der Waals surface area contributed by atoms with Crippen molar-refractivity contribution in [3.63, 3.8) is 0 Å². The molecule has 0 aromatic carbocycles. The molecule has 3 heteroatoms.